The van der Waals surface area contributed by atoms with E-state index in [4.69, 9.17) is 9.47 Å². The molecule has 0 radical (unpaired) electrons. The Balaban J connectivity index is 1.83. The number of aromatic nitrogens is 1. The highest BCUT2D eigenvalue weighted by molar-refractivity contribution is 5.88. The van der Waals surface area contributed by atoms with Crippen LogP contribution in [0, 0.1) is 0 Å². The summed E-state index contributed by atoms with van der Waals surface area (Å²) in [6.07, 6.45) is 1.13. The number of rotatable bonds is 8. The molecule has 5 heteroatoms. The van der Waals surface area contributed by atoms with Crippen molar-refractivity contribution in [1.29, 1.82) is 0 Å². The minimum atomic E-state index is -0.707. The summed E-state index contributed by atoms with van der Waals surface area (Å²) in [5.41, 5.74) is 2.78. The third-order valence-corrected chi connectivity index (χ3v) is 4.51. The van der Waals surface area contributed by atoms with Gasteiger partial charge < -0.3 is 14.0 Å². The molecule has 28 heavy (non-hydrogen) atoms. The van der Waals surface area contributed by atoms with Gasteiger partial charge in [-0.25, -0.2) is 10.1 Å². The topological polar surface area (TPSA) is 52.5 Å². The van der Waals surface area contributed by atoms with Gasteiger partial charge in [-0.2, -0.15) is 0 Å². The lowest BCUT2D eigenvalue weighted by atomic mass is 10.1. The fraction of sp³-hybridized carbons (Fsp3) is 0.261. The van der Waals surface area contributed by atoms with E-state index in [0.717, 1.165) is 23.9 Å². The van der Waals surface area contributed by atoms with Crippen molar-refractivity contribution >= 4 is 16.9 Å². The van der Waals surface area contributed by atoms with Crippen LogP contribution in [0.15, 0.2) is 67.3 Å². The Hall–Kier alpha value is -3.05. The minimum Gasteiger partial charge on any atom is -0.473 e. The number of nitrogens with zero attached hydrogens (tertiary/aromatic N) is 1. The fourth-order valence-electron chi connectivity index (χ4n) is 3.16. The van der Waals surface area contributed by atoms with Gasteiger partial charge in [-0.15, -0.1) is 0 Å². The average Bonchev–Trinajstić information content (AvgIpc) is 3.05. The first-order valence-corrected chi connectivity index (χ1v) is 9.35. The Morgan fingerprint density at radius 2 is 1.93 bits per heavy atom. The van der Waals surface area contributed by atoms with E-state index in [1.165, 1.54) is 16.6 Å². The zero-order valence-electron chi connectivity index (χ0n) is 16.6. The molecule has 0 bridgehead atoms. The molecule has 1 heterocycles. The predicted molar refractivity (Wildman–Crippen MR) is 112 cm³/mol. The normalized spacial score (nSPS) is 11.4. The van der Waals surface area contributed by atoms with Crippen molar-refractivity contribution in [2.24, 2.45) is 0 Å². The second-order valence-electron chi connectivity index (χ2n) is 6.96. The lowest BCUT2D eigenvalue weighted by molar-refractivity contribution is -0.140. The van der Waals surface area contributed by atoms with Crippen molar-refractivity contribution in [1.82, 2.24) is 9.88 Å². The van der Waals surface area contributed by atoms with E-state index in [1.807, 2.05) is 32.0 Å². The number of hydrogen-bond donors (Lipinski definition) is 1. The van der Waals surface area contributed by atoms with Crippen LogP contribution in [0.1, 0.15) is 20.8 Å². The molecule has 2 aromatic carbocycles. The molecule has 1 N–H and O–H groups in total. The molecule has 0 spiro atoms. The molecule has 3 rings (SSSR count). The highest BCUT2D eigenvalue weighted by Gasteiger charge is 2.20. The minimum absolute atomic E-state index is 0.0452. The van der Waals surface area contributed by atoms with Crippen LogP contribution in [0.5, 0.6) is 5.75 Å². The van der Waals surface area contributed by atoms with Gasteiger partial charge in [0.2, 0.25) is 0 Å². The maximum atomic E-state index is 11.2. The van der Waals surface area contributed by atoms with E-state index in [2.05, 4.69) is 59.8 Å². The van der Waals surface area contributed by atoms with Gasteiger partial charge in [0.25, 0.3) is 0 Å². The number of nitrogens with one attached hydrogen (secondary N) is 1. The number of esters is 1. The van der Waals surface area contributed by atoms with Crippen LogP contribution >= 0.6 is 0 Å². The molecule has 0 aliphatic carbocycles. The SMILES string of the molecule is C=CC(=O)OCNC(C)(C)Oc1ccc2cc(-c3ccccc3)n(CC)c2c1. The molecule has 5 nitrogen and oxygen atoms in total. The summed E-state index contributed by atoms with van der Waals surface area (Å²) in [7, 11) is 0. The molecule has 0 fully saturated rings. The van der Waals surface area contributed by atoms with Crippen LogP contribution in [0.3, 0.4) is 0 Å². The van der Waals surface area contributed by atoms with E-state index in [0.29, 0.717) is 0 Å². The van der Waals surface area contributed by atoms with Crippen molar-refractivity contribution in [3.8, 4) is 17.0 Å². The monoisotopic (exact) mass is 378 g/mol. The summed E-state index contributed by atoms with van der Waals surface area (Å²) in [4.78, 5) is 11.2. The van der Waals surface area contributed by atoms with Crippen molar-refractivity contribution < 1.29 is 14.3 Å². The Labute approximate surface area is 165 Å². The molecule has 1 aromatic heterocycles. The van der Waals surface area contributed by atoms with Crippen LogP contribution in [-0.2, 0) is 16.1 Å². The molecule has 0 saturated heterocycles. The Morgan fingerprint density at radius 1 is 1.18 bits per heavy atom. The van der Waals surface area contributed by atoms with Crippen LogP contribution < -0.4 is 10.1 Å². The van der Waals surface area contributed by atoms with Crippen molar-refractivity contribution in [2.45, 2.75) is 33.0 Å². The molecule has 0 aliphatic heterocycles. The first kappa shape index (κ1) is 19.7. The van der Waals surface area contributed by atoms with Crippen molar-refractivity contribution in [3.63, 3.8) is 0 Å². The predicted octanol–water partition coefficient (Wildman–Crippen LogP) is 4.72. The van der Waals surface area contributed by atoms with E-state index in [1.54, 1.807) is 0 Å². The smallest absolute Gasteiger partial charge is 0.331 e. The standard InChI is InChI=1S/C23H26N2O3/c1-5-22(26)27-16-24-23(3,4)28-19-13-12-18-14-20(17-10-8-7-9-11-17)25(6-2)21(18)15-19/h5,7-15,24H,1,6,16H2,2-4H3. The summed E-state index contributed by atoms with van der Waals surface area (Å²) in [5, 5.41) is 4.23. The maximum Gasteiger partial charge on any atom is 0.331 e. The average molecular weight is 378 g/mol. The molecule has 0 unspecified atom stereocenters. The summed E-state index contributed by atoms with van der Waals surface area (Å²) in [5.74, 6) is 0.270. The van der Waals surface area contributed by atoms with Crippen LogP contribution in [0.25, 0.3) is 22.2 Å². The van der Waals surface area contributed by atoms with E-state index in [9.17, 15) is 4.79 Å². The van der Waals surface area contributed by atoms with Gasteiger partial charge in [-0.1, -0.05) is 36.9 Å². The number of fused-ring (bicyclic) bond motifs is 1. The van der Waals surface area contributed by atoms with Crippen LogP contribution in [0.4, 0.5) is 0 Å². The number of carbonyl (C=O) groups is 1. The quantitative estimate of drug-likeness (QED) is 0.350. The third-order valence-electron chi connectivity index (χ3n) is 4.51. The van der Waals surface area contributed by atoms with Gasteiger partial charge >= 0.3 is 5.97 Å². The summed E-state index contributed by atoms with van der Waals surface area (Å²) < 4.78 is 13.4. The number of ether oxygens (including phenoxy) is 2. The molecule has 0 atom stereocenters. The first-order valence-electron chi connectivity index (χ1n) is 9.35. The summed E-state index contributed by atoms with van der Waals surface area (Å²) in [6, 6.07) is 18.6. The molecule has 146 valence electrons. The van der Waals surface area contributed by atoms with Gasteiger partial charge in [0, 0.05) is 29.8 Å². The Bertz CT molecular complexity index is 974. The second kappa shape index (κ2) is 8.31. The highest BCUT2D eigenvalue weighted by atomic mass is 16.6. The first-order chi connectivity index (χ1) is 13.4. The van der Waals surface area contributed by atoms with Gasteiger partial charge in [-0.3, -0.25) is 0 Å². The molecule has 3 aromatic rings. The third kappa shape index (κ3) is 4.43. The molecule has 0 amide bonds. The Morgan fingerprint density at radius 3 is 2.61 bits per heavy atom. The lowest BCUT2D eigenvalue weighted by Gasteiger charge is -2.27. The molecule has 0 saturated carbocycles. The van der Waals surface area contributed by atoms with Gasteiger partial charge in [0.05, 0.1) is 5.52 Å². The summed E-state index contributed by atoms with van der Waals surface area (Å²) >= 11 is 0. The zero-order chi connectivity index (χ0) is 20.1. The molecular weight excluding hydrogens is 352 g/mol. The molecular formula is C23H26N2O3. The van der Waals surface area contributed by atoms with Crippen molar-refractivity contribution in [2.75, 3.05) is 6.73 Å². The highest BCUT2D eigenvalue weighted by Crippen LogP contribution is 2.31. The van der Waals surface area contributed by atoms with Gasteiger partial charge in [0.15, 0.2) is 5.72 Å². The van der Waals surface area contributed by atoms with Crippen LogP contribution in [-0.4, -0.2) is 23.0 Å². The number of carbonyl (C=O) groups excluding carboxylic acids is 1. The van der Waals surface area contributed by atoms with Gasteiger partial charge in [-0.05, 0) is 44.5 Å². The van der Waals surface area contributed by atoms with Gasteiger partial charge in [0.1, 0.15) is 12.5 Å². The number of hydrogen-bond acceptors (Lipinski definition) is 4. The van der Waals surface area contributed by atoms with E-state index in [-0.39, 0.29) is 6.73 Å². The number of aryl methyl sites for hydroxylation is 1. The Kier molecular flexibility index (Phi) is 5.85. The zero-order valence-corrected chi connectivity index (χ0v) is 16.6. The summed E-state index contributed by atoms with van der Waals surface area (Å²) in [6.45, 7) is 10.2. The molecule has 0 aliphatic rings. The largest absolute Gasteiger partial charge is 0.473 e. The van der Waals surface area contributed by atoms with E-state index < -0.39 is 11.7 Å². The second-order valence-corrected chi connectivity index (χ2v) is 6.96. The maximum absolute atomic E-state index is 11.2. The fourth-order valence-corrected chi connectivity index (χ4v) is 3.16. The van der Waals surface area contributed by atoms with E-state index >= 15 is 0 Å². The number of benzene rings is 2. The van der Waals surface area contributed by atoms with Crippen LogP contribution in [0.2, 0.25) is 0 Å². The lowest BCUT2D eigenvalue weighted by Crippen LogP contribution is -2.46. The van der Waals surface area contributed by atoms with Crippen molar-refractivity contribution in [3.05, 3.63) is 67.3 Å².